The Kier molecular flexibility index (Phi) is 3.95. The van der Waals surface area contributed by atoms with Crippen LogP contribution in [0.4, 0.5) is 4.39 Å². The molecule has 0 bridgehead atoms. The fourth-order valence-corrected chi connectivity index (χ4v) is 3.49. The van der Waals surface area contributed by atoms with Crippen LogP contribution in [0.1, 0.15) is 40.6 Å². The number of aromatic nitrogens is 3. The quantitative estimate of drug-likeness (QED) is 0.779. The van der Waals surface area contributed by atoms with Gasteiger partial charge in [0.1, 0.15) is 11.6 Å². The number of carbonyl (C=O) groups excluding carboxylic acids is 1. The van der Waals surface area contributed by atoms with Gasteiger partial charge < -0.3 is 9.88 Å². The Hall–Kier alpha value is -2.76. The first-order valence-electron chi connectivity index (χ1n) is 8.48. The predicted octanol–water partition coefficient (Wildman–Crippen LogP) is 3.43. The highest BCUT2D eigenvalue weighted by Gasteiger charge is 2.27. The van der Waals surface area contributed by atoms with E-state index < -0.39 is 0 Å². The Balaban J connectivity index is 1.51. The third kappa shape index (κ3) is 2.88. The summed E-state index contributed by atoms with van der Waals surface area (Å²) in [6, 6.07) is 6.67. The lowest BCUT2D eigenvalue weighted by Gasteiger charge is -2.31. The molecule has 0 atom stereocenters. The van der Waals surface area contributed by atoms with E-state index in [1.54, 1.807) is 29.4 Å². The van der Waals surface area contributed by atoms with Crippen LogP contribution in [-0.2, 0) is 0 Å². The number of hydrogen-bond donors (Lipinski definition) is 1. The number of nitrogens with zero attached hydrogens (tertiary/aromatic N) is 3. The molecule has 0 unspecified atom stereocenters. The number of aromatic amines is 1. The molecular weight excluding hydrogens is 319 g/mol. The van der Waals surface area contributed by atoms with E-state index in [0.29, 0.717) is 29.6 Å². The maximum Gasteiger partial charge on any atom is 0.256 e. The number of benzene rings is 1. The lowest BCUT2D eigenvalue weighted by molar-refractivity contribution is 0.0713. The van der Waals surface area contributed by atoms with Gasteiger partial charge in [-0.2, -0.15) is 0 Å². The van der Waals surface area contributed by atoms with Crippen molar-refractivity contribution < 1.29 is 9.18 Å². The standard InChI is InChI=1S/C19H19FN4O/c1-12-5-8-21-18(23-12)13-6-9-24(10-7-13)19(25)14-11-22-16-4-2-3-15(20)17(14)16/h2-5,8,11,13,22H,6-7,9-10H2,1H3. The minimum Gasteiger partial charge on any atom is -0.360 e. The summed E-state index contributed by atoms with van der Waals surface area (Å²) in [4.78, 5) is 26.5. The number of nitrogens with one attached hydrogen (secondary N) is 1. The van der Waals surface area contributed by atoms with Crippen molar-refractivity contribution in [3.8, 4) is 0 Å². The molecule has 0 spiro atoms. The second kappa shape index (κ2) is 6.27. The number of hydrogen-bond acceptors (Lipinski definition) is 3. The largest absolute Gasteiger partial charge is 0.360 e. The summed E-state index contributed by atoms with van der Waals surface area (Å²) in [7, 11) is 0. The molecule has 1 saturated heterocycles. The number of carbonyl (C=O) groups is 1. The molecule has 0 saturated carbocycles. The highest BCUT2D eigenvalue weighted by atomic mass is 19.1. The van der Waals surface area contributed by atoms with Crippen LogP contribution >= 0.6 is 0 Å². The number of rotatable bonds is 2. The van der Waals surface area contributed by atoms with Crippen molar-refractivity contribution >= 4 is 16.8 Å². The minimum absolute atomic E-state index is 0.125. The zero-order valence-corrected chi connectivity index (χ0v) is 14.0. The normalized spacial score (nSPS) is 15.7. The lowest BCUT2D eigenvalue weighted by Crippen LogP contribution is -2.38. The zero-order valence-electron chi connectivity index (χ0n) is 14.0. The van der Waals surface area contributed by atoms with Gasteiger partial charge in [-0.25, -0.2) is 14.4 Å². The molecule has 1 aromatic carbocycles. The molecule has 0 radical (unpaired) electrons. The summed E-state index contributed by atoms with van der Waals surface area (Å²) >= 11 is 0. The van der Waals surface area contributed by atoms with Gasteiger partial charge in [-0.15, -0.1) is 0 Å². The van der Waals surface area contributed by atoms with Crippen molar-refractivity contribution in [2.75, 3.05) is 13.1 Å². The highest BCUT2D eigenvalue weighted by Crippen LogP contribution is 2.28. The number of likely N-dealkylation sites (tertiary alicyclic amines) is 1. The molecule has 25 heavy (non-hydrogen) atoms. The second-order valence-corrected chi connectivity index (χ2v) is 6.49. The van der Waals surface area contributed by atoms with Crippen molar-refractivity contribution in [2.24, 2.45) is 0 Å². The van der Waals surface area contributed by atoms with Crippen molar-refractivity contribution in [1.82, 2.24) is 19.9 Å². The van der Waals surface area contributed by atoms with Gasteiger partial charge in [0, 0.05) is 48.0 Å². The second-order valence-electron chi connectivity index (χ2n) is 6.49. The van der Waals surface area contributed by atoms with Crippen LogP contribution < -0.4 is 0 Å². The fourth-order valence-electron chi connectivity index (χ4n) is 3.49. The molecule has 1 aliphatic rings. The molecular formula is C19H19FN4O. The molecule has 2 aromatic heterocycles. The monoisotopic (exact) mass is 338 g/mol. The molecule has 1 amide bonds. The summed E-state index contributed by atoms with van der Waals surface area (Å²) in [5.74, 6) is 0.624. The Morgan fingerprint density at radius 1 is 1.28 bits per heavy atom. The van der Waals surface area contributed by atoms with Gasteiger partial charge in [-0.1, -0.05) is 6.07 Å². The molecule has 3 heterocycles. The average Bonchev–Trinajstić information content (AvgIpc) is 3.07. The van der Waals surface area contributed by atoms with Crippen LogP contribution in [-0.4, -0.2) is 38.8 Å². The first-order valence-corrected chi connectivity index (χ1v) is 8.48. The Morgan fingerprint density at radius 3 is 2.84 bits per heavy atom. The van der Waals surface area contributed by atoms with Crippen molar-refractivity contribution in [1.29, 1.82) is 0 Å². The Labute approximate surface area is 144 Å². The molecule has 128 valence electrons. The van der Waals surface area contributed by atoms with Crippen LogP contribution in [0.2, 0.25) is 0 Å². The molecule has 1 N–H and O–H groups in total. The Bertz CT molecular complexity index is 928. The molecule has 1 fully saturated rings. The summed E-state index contributed by atoms with van der Waals surface area (Å²) in [5.41, 5.74) is 2.00. The molecule has 6 heteroatoms. The fraction of sp³-hybridized carbons (Fsp3) is 0.316. The molecule has 0 aliphatic carbocycles. The van der Waals surface area contributed by atoms with Gasteiger partial charge in [0.25, 0.3) is 5.91 Å². The van der Waals surface area contributed by atoms with Crippen molar-refractivity contribution in [3.05, 3.63) is 59.6 Å². The van der Waals surface area contributed by atoms with Gasteiger partial charge in [-0.05, 0) is 38.0 Å². The molecule has 3 aromatic rings. The minimum atomic E-state index is -0.370. The van der Waals surface area contributed by atoms with E-state index in [1.807, 2.05) is 13.0 Å². The van der Waals surface area contributed by atoms with Crippen LogP contribution in [0.25, 0.3) is 10.9 Å². The Morgan fingerprint density at radius 2 is 2.08 bits per heavy atom. The predicted molar refractivity (Wildman–Crippen MR) is 92.9 cm³/mol. The third-order valence-electron chi connectivity index (χ3n) is 4.85. The first-order chi connectivity index (χ1) is 12.1. The van der Waals surface area contributed by atoms with Gasteiger partial charge in [0.05, 0.1) is 5.56 Å². The van der Waals surface area contributed by atoms with Gasteiger partial charge >= 0.3 is 0 Å². The smallest absolute Gasteiger partial charge is 0.256 e. The van der Waals surface area contributed by atoms with Crippen LogP contribution in [0, 0.1) is 12.7 Å². The lowest BCUT2D eigenvalue weighted by atomic mass is 9.95. The molecule has 1 aliphatic heterocycles. The van der Waals surface area contributed by atoms with Crippen LogP contribution in [0.3, 0.4) is 0 Å². The number of halogens is 1. The summed E-state index contributed by atoms with van der Waals surface area (Å²) in [5, 5.41) is 0.372. The van der Waals surface area contributed by atoms with Crippen molar-refractivity contribution in [2.45, 2.75) is 25.7 Å². The molecule has 4 rings (SSSR count). The van der Waals surface area contributed by atoms with Gasteiger partial charge in [-0.3, -0.25) is 4.79 Å². The number of piperidine rings is 1. The zero-order chi connectivity index (χ0) is 17.4. The van der Waals surface area contributed by atoms with E-state index in [9.17, 15) is 9.18 Å². The van der Waals surface area contributed by atoms with E-state index >= 15 is 0 Å². The van der Waals surface area contributed by atoms with E-state index in [1.165, 1.54) is 6.07 Å². The number of H-pyrrole nitrogens is 1. The SMILES string of the molecule is Cc1ccnc(C2CCN(C(=O)c3c[nH]c4cccc(F)c34)CC2)n1. The molecule has 5 nitrogen and oxygen atoms in total. The first kappa shape index (κ1) is 15.7. The highest BCUT2D eigenvalue weighted by molar-refractivity contribution is 6.06. The summed E-state index contributed by atoms with van der Waals surface area (Å²) in [6.45, 7) is 3.21. The van der Waals surface area contributed by atoms with E-state index in [4.69, 9.17) is 0 Å². The number of aryl methyl sites for hydroxylation is 1. The summed E-state index contributed by atoms with van der Waals surface area (Å²) < 4.78 is 14.1. The van der Waals surface area contributed by atoms with Crippen LogP contribution in [0.15, 0.2) is 36.7 Å². The average molecular weight is 338 g/mol. The van der Waals surface area contributed by atoms with E-state index in [0.717, 1.165) is 24.4 Å². The van der Waals surface area contributed by atoms with Crippen molar-refractivity contribution in [3.63, 3.8) is 0 Å². The van der Waals surface area contributed by atoms with E-state index in [-0.39, 0.29) is 17.6 Å². The summed E-state index contributed by atoms with van der Waals surface area (Å²) in [6.07, 6.45) is 5.02. The maximum atomic E-state index is 14.1. The number of fused-ring (bicyclic) bond motifs is 1. The third-order valence-corrected chi connectivity index (χ3v) is 4.85. The van der Waals surface area contributed by atoms with Gasteiger partial charge in [0.15, 0.2) is 0 Å². The van der Waals surface area contributed by atoms with Gasteiger partial charge in [0.2, 0.25) is 0 Å². The number of amides is 1. The van der Waals surface area contributed by atoms with E-state index in [2.05, 4.69) is 15.0 Å². The van der Waals surface area contributed by atoms with Crippen LogP contribution in [0.5, 0.6) is 0 Å². The topological polar surface area (TPSA) is 61.9 Å². The maximum absolute atomic E-state index is 14.1.